The molecule has 216 valence electrons. The van der Waals surface area contributed by atoms with Gasteiger partial charge in [0.05, 0.1) is 0 Å². The molecule has 7 heteroatoms. The van der Waals surface area contributed by atoms with Crippen LogP contribution >= 0.6 is 11.6 Å². The van der Waals surface area contributed by atoms with Gasteiger partial charge in [-0.05, 0) is 97.5 Å². The molecular formula is C34H41ClN4O2. The number of allylic oxidation sites excluding steroid dienone is 1. The van der Waals surface area contributed by atoms with Gasteiger partial charge in [-0.15, -0.1) is 0 Å². The van der Waals surface area contributed by atoms with Gasteiger partial charge in [0.1, 0.15) is 0 Å². The number of piperidine rings is 1. The van der Waals surface area contributed by atoms with Crippen molar-refractivity contribution < 1.29 is 9.59 Å². The van der Waals surface area contributed by atoms with Gasteiger partial charge in [0, 0.05) is 67.0 Å². The van der Waals surface area contributed by atoms with Crippen molar-refractivity contribution in [1.82, 2.24) is 20.0 Å². The van der Waals surface area contributed by atoms with Gasteiger partial charge in [-0.3, -0.25) is 14.5 Å². The number of rotatable bonds is 5. The number of halogens is 1. The second-order valence-corrected chi connectivity index (χ2v) is 14.1. The predicted octanol–water partition coefficient (Wildman–Crippen LogP) is 5.61. The summed E-state index contributed by atoms with van der Waals surface area (Å²) in [6.07, 6.45) is 6.62. The Morgan fingerprint density at radius 3 is 2.63 bits per heavy atom. The lowest BCUT2D eigenvalue weighted by molar-refractivity contribution is 0.0632. The molecule has 4 heterocycles. The number of nitrogens with one attached hydrogen (secondary N) is 1. The molecule has 3 atom stereocenters. The minimum absolute atomic E-state index is 0.113. The first-order valence-corrected chi connectivity index (χ1v) is 15.8. The minimum Gasteiger partial charge on any atom is -0.333 e. The second kappa shape index (κ2) is 10.6. The maximum absolute atomic E-state index is 13.7. The van der Waals surface area contributed by atoms with Crippen molar-refractivity contribution in [3.8, 4) is 0 Å². The zero-order chi connectivity index (χ0) is 28.3. The SMILES string of the molecule is CC1(C)CCC(CN2C[C@H]3C[C@@H]2CN3C(=O)c2ccc3c(c2)CN(C2CCCNC2)C3=O)=C(c2ccc(Cl)cc2)C1. The Kier molecular flexibility index (Phi) is 7.00. The number of carbonyl (C=O) groups is 2. The third-order valence-corrected chi connectivity index (χ3v) is 10.5. The summed E-state index contributed by atoms with van der Waals surface area (Å²) < 4.78 is 0. The van der Waals surface area contributed by atoms with E-state index in [9.17, 15) is 9.59 Å². The highest BCUT2D eigenvalue weighted by Gasteiger charge is 2.46. The summed E-state index contributed by atoms with van der Waals surface area (Å²) in [6.45, 7) is 9.96. The van der Waals surface area contributed by atoms with E-state index in [1.165, 1.54) is 17.6 Å². The van der Waals surface area contributed by atoms with E-state index in [0.717, 1.165) is 86.5 Å². The molecule has 2 amide bonds. The molecule has 1 unspecified atom stereocenters. The first kappa shape index (κ1) is 27.2. The van der Waals surface area contributed by atoms with E-state index in [2.05, 4.69) is 41.1 Å². The molecule has 1 aliphatic carbocycles. The Bertz CT molecular complexity index is 1390. The van der Waals surface area contributed by atoms with E-state index in [-0.39, 0.29) is 23.9 Å². The monoisotopic (exact) mass is 572 g/mol. The lowest BCUT2D eigenvalue weighted by Gasteiger charge is -2.38. The van der Waals surface area contributed by atoms with Crippen LogP contribution in [0.3, 0.4) is 0 Å². The van der Waals surface area contributed by atoms with Crippen LogP contribution in [0.25, 0.3) is 5.57 Å². The van der Waals surface area contributed by atoms with E-state index in [4.69, 9.17) is 11.6 Å². The topological polar surface area (TPSA) is 55.9 Å². The van der Waals surface area contributed by atoms with Crippen molar-refractivity contribution in [3.63, 3.8) is 0 Å². The van der Waals surface area contributed by atoms with Gasteiger partial charge < -0.3 is 15.1 Å². The van der Waals surface area contributed by atoms with Crippen LogP contribution in [0, 0.1) is 5.41 Å². The molecule has 1 N–H and O–H groups in total. The molecule has 0 spiro atoms. The summed E-state index contributed by atoms with van der Waals surface area (Å²) in [6, 6.07) is 15.0. The van der Waals surface area contributed by atoms with Crippen LogP contribution < -0.4 is 5.32 Å². The smallest absolute Gasteiger partial charge is 0.254 e. The highest BCUT2D eigenvalue weighted by atomic mass is 35.5. The number of nitrogens with zero attached hydrogens (tertiary/aromatic N) is 3. The van der Waals surface area contributed by atoms with Crippen LogP contribution in [0.2, 0.25) is 5.02 Å². The average Bonchev–Trinajstić information content (AvgIpc) is 3.67. The lowest BCUT2D eigenvalue weighted by atomic mass is 9.72. The molecule has 41 heavy (non-hydrogen) atoms. The van der Waals surface area contributed by atoms with Crippen LogP contribution in [0.15, 0.2) is 48.0 Å². The zero-order valence-corrected chi connectivity index (χ0v) is 25.1. The summed E-state index contributed by atoms with van der Waals surface area (Å²) >= 11 is 6.20. The van der Waals surface area contributed by atoms with Crippen LogP contribution in [0.1, 0.15) is 84.2 Å². The highest BCUT2D eigenvalue weighted by molar-refractivity contribution is 6.30. The van der Waals surface area contributed by atoms with Crippen LogP contribution in [0.4, 0.5) is 0 Å². The third-order valence-electron chi connectivity index (χ3n) is 10.3. The van der Waals surface area contributed by atoms with Crippen molar-refractivity contribution in [2.24, 2.45) is 5.41 Å². The molecular weight excluding hydrogens is 532 g/mol. The minimum atomic E-state index is 0.113. The number of likely N-dealkylation sites (tertiary alicyclic amines) is 2. The molecule has 2 aromatic rings. The van der Waals surface area contributed by atoms with Gasteiger partial charge in [0.25, 0.3) is 11.8 Å². The zero-order valence-electron chi connectivity index (χ0n) is 24.3. The Hall–Kier alpha value is -2.67. The van der Waals surface area contributed by atoms with E-state index < -0.39 is 0 Å². The molecule has 2 aromatic carbocycles. The Morgan fingerprint density at radius 2 is 1.90 bits per heavy atom. The summed E-state index contributed by atoms with van der Waals surface area (Å²) in [5.41, 5.74) is 7.13. The fraction of sp³-hybridized carbons (Fsp3) is 0.529. The molecule has 5 aliphatic rings. The molecule has 4 aliphatic heterocycles. The summed E-state index contributed by atoms with van der Waals surface area (Å²) in [7, 11) is 0. The average molecular weight is 573 g/mol. The molecule has 2 bridgehead atoms. The molecule has 6 nitrogen and oxygen atoms in total. The molecule has 7 rings (SSSR count). The molecule has 0 aromatic heterocycles. The number of carbonyl (C=O) groups excluding carboxylic acids is 2. The van der Waals surface area contributed by atoms with Gasteiger partial charge in [-0.2, -0.15) is 0 Å². The first-order valence-electron chi connectivity index (χ1n) is 15.4. The quantitative estimate of drug-likeness (QED) is 0.506. The van der Waals surface area contributed by atoms with Crippen molar-refractivity contribution in [1.29, 1.82) is 0 Å². The predicted molar refractivity (Wildman–Crippen MR) is 163 cm³/mol. The number of hydrogen-bond acceptors (Lipinski definition) is 4. The molecule has 3 fully saturated rings. The molecule has 0 radical (unpaired) electrons. The van der Waals surface area contributed by atoms with Crippen molar-refractivity contribution >= 4 is 29.0 Å². The highest BCUT2D eigenvalue weighted by Crippen LogP contribution is 2.44. The first-order chi connectivity index (χ1) is 19.8. The van der Waals surface area contributed by atoms with Crippen LogP contribution in [-0.4, -0.2) is 77.4 Å². The number of fused-ring (bicyclic) bond motifs is 3. The third kappa shape index (κ3) is 5.13. The van der Waals surface area contributed by atoms with E-state index in [1.54, 1.807) is 5.57 Å². The maximum atomic E-state index is 13.7. The van der Waals surface area contributed by atoms with E-state index in [0.29, 0.717) is 18.0 Å². The van der Waals surface area contributed by atoms with E-state index in [1.807, 2.05) is 35.2 Å². The number of hydrogen-bond donors (Lipinski definition) is 1. The number of amides is 2. The van der Waals surface area contributed by atoms with Gasteiger partial charge in [-0.25, -0.2) is 0 Å². The Labute approximate surface area is 248 Å². The normalized spacial score (nSPS) is 27.6. The largest absolute Gasteiger partial charge is 0.333 e. The summed E-state index contributed by atoms with van der Waals surface area (Å²) in [4.78, 5) is 33.5. The summed E-state index contributed by atoms with van der Waals surface area (Å²) in [5, 5.41) is 4.20. The van der Waals surface area contributed by atoms with Crippen molar-refractivity contribution in [2.45, 2.75) is 77.0 Å². The Morgan fingerprint density at radius 1 is 1.07 bits per heavy atom. The lowest BCUT2D eigenvalue weighted by Crippen LogP contribution is -2.49. The van der Waals surface area contributed by atoms with E-state index >= 15 is 0 Å². The summed E-state index contributed by atoms with van der Waals surface area (Å²) in [5.74, 6) is 0.229. The van der Waals surface area contributed by atoms with Crippen LogP contribution in [0.5, 0.6) is 0 Å². The fourth-order valence-electron chi connectivity index (χ4n) is 7.94. The number of benzene rings is 2. The van der Waals surface area contributed by atoms with Gasteiger partial charge in [0.2, 0.25) is 0 Å². The standard InChI is InChI=1S/C34H41ClN4O2/c1-34(2)12-11-24(31(16-34)22-5-8-26(35)9-6-22)18-37-20-29-15-28(37)21-39(29)32(40)23-7-10-30-25(14-23)19-38(33(30)41)27-4-3-13-36-17-27/h5-10,14,27-29,36H,3-4,11-13,15-21H2,1-2H3/t27?,28-,29-/m1/s1. The van der Waals surface area contributed by atoms with Crippen LogP contribution in [-0.2, 0) is 6.54 Å². The molecule has 3 saturated heterocycles. The number of piperazine rings is 1. The Balaban J connectivity index is 1.04. The van der Waals surface area contributed by atoms with Gasteiger partial charge in [-0.1, -0.05) is 43.2 Å². The molecule has 0 saturated carbocycles. The van der Waals surface area contributed by atoms with Gasteiger partial charge >= 0.3 is 0 Å². The van der Waals surface area contributed by atoms with Crippen molar-refractivity contribution in [2.75, 3.05) is 32.7 Å². The second-order valence-electron chi connectivity index (χ2n) is 13.7. The van der Waals surface area contributed by atoms with Gasteiger partial charge in [0.15, 0.2) is 0 Å². The van der Waals surface area contributed by atoms with Crippen molar-refractivity contribution in [3.05, 3.63) is 75.3 Å². The fourth-order valence-corrected chi connectivity index (χ4v) is 8.06. The maximum Gasteiger partial charge on any atom is 0.254 e.